The summed E-state index contributed by atoms with van der Waals surface area (Å²) in [5.41, 5.74) is 1.21. The third-order valence-electron chi connectivity index (χ3n) is 2.95. The van der Waals surface area contributed by atoms with E-state index >= 15 is 0 Å². The van der Waals surface area contributed by atoms with E-state index in [1.54, 1.807) is 12.1 Å². The highest BCUT2D eigenvalue weighted by Gasteiger charge is 2.15. The van der Waals surface area contributed by atoms with E-state index in [9.17, 15) is 4.39 Å². The van der Waals surface area contributed by atoms with Gasteiger partial charge in [0.15, 0.2) is 0 Å². The minimum atomic E-state index is -0.382. The van der Waals surface area contributed by atoms with Crippen molar-refractivity contribution < 1.29 is 4.39 Å². The molecular formula is C13H14FN2. The molecular weight excluding hydrogens is 203 g/mol. The molecule has 1 radical (unpaired) electrons. The molecule has 1 aromatic rings. The molecule has 16 heavy (non-hydrogen) atoms. The summed E-state index contributed by atoms with van der Waals surface area (Å²) in [4.78, 5) is 4.48. The molecule has 1 saturated heterocycles. The van der Waals surface area contributed by atoms with Crippen molar-refractivity contribution in [1.82, 2.24) is 4.90 Å². The summed E-state index contributed by atoms with van der Waals surface area (Å²) in [7, 11) is 2.10. The van der Waals surface area contributed by atoms with E-state index < -0.39 is 0 Å². The minimum absolute atomic E-state index is 0.233. The van der Waals surface area contributed by atoms with Gasteiger partial charge in [0.05, 0.1) is 5.56 Å². The van der Waals surface area contributed by atoms with E-state index in [4.69, 9.17) is 6.42 Å². The van der Waals surface area contributed by atoms with E-state index in [2.05, 4.69) is 22.8 Å². The maximum atomic E-state index is 13.2. The number of hydrogen-bond acceptors (Lipinski definition) is 2. The van der Waals surface area contributed by atoms with Crippen LogP contribution in [0.3, 0.4) is 0 Å². The predicted molar refractivity (Wildman–Crippen MR) is 62.3 cm³/mol. The largest absolute Gasteiger partial charge is 0.369 e. The van der Waals surface area contributed by atoms with Gasteiger partial charge in [-0.2, -0.15) is 0 Å². The first-order chi connectivity index (χ1) is 7.70. The Kier molecular flexibility index (Phi) is 3.12. The first-order valence-corrected chi connectivity index (χ1v) is 5.36. The third-order valence-corrected chi connectivity index (χ3v) is 2.95. The van der Waals surface area contributed by atoms with Crippen LogP contribution in [0.5, 0.6) is 0 Å². The molecule has 3 heteroatoms. The highest BCUT2D eigenvalue weighted by Crippen LogP contribution is 2.19. The van der Waals surface area contributed by atoms with Gasteiger partial charge < -0.3 is 9.80 Å². The van der Waals surface area contributed by atoms with E-state index in [0.717, 1.165) is 31.9 Å². The first kappa shape index (κ1) is 11.0. The fourth-order valence-electron chi connectivity index (χ4n) is 1.87. The van der Waals surface area contributed by atoms with Gasteiger partial charge >= 0.3 is 0 Å². The molecule has 0 spiro atoms. The monoisotopic (exact) mass is 217 g/mol. The Balaban J connectivity index is 2.18. The van der Waals surface area contributed by atoms with Crippen LogP contribution >= 0.6 is 0 Å². The Bertz CT molecular complexity index is 414. The Morgan fingerprint density at radius 1 is 1.25 bits per heavy atom. The second kappa shape index (κ2) is 4.54. The second-order valence-electron chi connectivity index (χ2n) is 4.08. The van der Waals surface area contributed by atoms with Crippen molar-refractivity contribution >= 4 is 5.69 Å². The summed E-state index contributed by atoms with van der Waals surface area (Å²) in [6.45, 7) is 3.92. The van der Waals surface area contributed by atoms with E-state index in [-0.39, 0.29) is 11.4 Å². The van der Waals surface area contributed by atoms with Crippen LogP contribution in [0.25, 0.3) is 0 Å². The van der Waals surface area contributed by atoms with Gasteiger partial charge in [-0.3, -0.25) is 0 Å². The topological polar surface area (TPSA) is 6.48 Å². The van der Waals surface area contributed by atoms with Crippen molar-refractivity contribution in [1.29, 1.82) is 0 Å². The zero-order chi connectivity index (χ0) is 11.5. The normalized spacial score (nSPS) is 17.2. The zero-order valence-corrected chi connectivity index (χ0v) is 9.33. The first-order valence-electron chi connectivity index (χ1n) is 5.36. The van der Waals surface area contributed by atoms with Gasteiger partial charge in [-0.05, 0) is 37.6 Å². The van der Waals surface area contributed by atoms with Gasteiger partial charge in [0.2, 0.25) is 0 Å². The van der Waals surface area contributed by atoms with Crippen LogP contribution in [0.2, 0.25) is 0 Å². The quantitative estimate of drug-likeness (QED) is 0.658. The summed E-state index contributed by atoms with van der Waals surface area (Å²) in [6, 6.07) is 4.86. The molecule has 0 bridgehead atoms. The fraction of sp³-hybridized carbons (Fsp3) is 0.385. The summed E-state index contributed by atoms with van der Waals surface area (Å²) in [5, 5.41) is 0. The molecule has 0 N–H and O–H groups in total. The number of benzene rings is 1. The van der Waals surface area contributed by atoms with Crippen LogP contribution in [0.4, 0.5) is 10.1 Å². The maximum Gasteiger partial charge on any atom is 0.139 e. The lowest BCUT2D eigenvalue weighted by Crippen LogP contribution is -2.44. The summed E-state index contributed by atoms with van der Waals surface area (Å²) >= 11 is 0. The average Bonchev–Trinajstić information content (AvgIpc) is 2.31. The van der Waals surface area contributed by atoms with Crippen LogP contribution in [0.1, 0.15) is 5.56 Å². The van der Waals surface area contributed by atoms with Crippen LogP contribution in [-0.4, -0.2) is 38.1 Å². The molecule has 1 heterocycles. The van der Waals surface area contributed by atoms with Crippen LogP contribution in [0, 0.1) is 18.2 Å². The number of piperazine rings is 1. The Morgan fingerprint density at radius 3 is 2.56 bits per heavy atom. The Hall–Kier alpha value is -1.53. The molecule has 2 rings (SSSR count). The molecule has 0 atom stereocenters. The lowest BCUT2D eigenvalue weighted by atomic mass is 10.1. The predicted octanol–water partition coefficient (Wildman–Crippen LogP) is 1.52. The number of halogens is 1. The number of anilines is 1. The van der Waals surface area contributed by atoms with E-state index in [0.29, 0.717) is 0 Å². The van der Waals surface area contributed by atoms with E-state index in [1.165, 1.54) is 6.07 Å². The molecule has 0 saturated carbocycles. The molecule has 0 aromatic heterocycles. The van der Waals surface area contributed by atoms with Gasteiger partial charge in [0.1, 0.15) is 5.82 Å². The number of nitrogens with zero attached hydrogens (tertiary/aromatic N) is 2. The van der Waals surface area contributed by atoms with E-state index in [1.807, 2.05) is 0 Å². The van der Waals surface area contributed by atoms with Crippen molar-refractivity contribution in [2.24, 2.45) is 0 Å². The van der Waals surface area contributed by atoms with Crippen molar-refractivity contribution in [2.75, 3.05) is 38.1 Å². The lowest BCUT2D eigenvalue weighted by molar-refractivity contribution is 0.313. The number of likely N-dealkylation sites (N-methyl/N-ethyl adjacent to an activating group) is 1. The van der Waals surface area contributed by atoms with Crippen LogP contribution in [-0.2, 0) is 0 Å². The van der Waals surface area contributed by atoms with Crippen molar-refractivity contribution in [3.05, 3.63) is 36.0 Å². The smallest absolute Gasteiger partial charge is 0.139 e. The standard InChI is InChI=1S/C13H14FN2/c1-3-11-10-12(4-5-13(11)14)16-8-6-15(2)7-9-16/h4-5,10H,6-9H2,2H3. The van der Waals surface area contributed by atoms with Crippen molar-refractivity contribution in [3.8, 4) is 5.92 Å². The van der Waals surface area contributed by atoms with Gasteiger partial charge in [-0.1, -0.05) is 0 Å². The van der Waals surface area contributed by atoms with Gasteiger partial charge in [0, 0.05) is 31.9 Å². The fourth-order valence-corrected chi connectivity index (χ4v) is 1.87. The third kappa shape index (κ3) is 2.17. The zero-order valence-electron chi connectivity index (χ0n) is 9.33. The molecule has 83 valence electrons. The summed E-state index contributed by atoms with van der Waals surface area (Å²) < 4.78 is 13.2. The summed E-state index contributed by atoms with van der Waals surface area (Å²) in [5.74, 6) is 1.74. The molecule has 2 nitrogen and oxygen atoms in total. The molecule has 1 fully saturated rings. The number of hydrogen-bond donors (Lipinski definition) is 0. The van der Waals surface area contributed by atoms with Gasteiger partial charge in [0.25, 0.3) is 0 Å². The van der Waals surface area contributed by atoms with Crippen molar-refractivity contribution in [2.45, 2.75) is 0 Å². The van der Waals surface area contributed by atoms with Gasteiger partial charge in [-0.15, -0.1) is 0 Å². The highest BCUT2D eigenvalue weighted by atomic mass is 19.1. The average molecular weight is 217 g/mol. The van der Waals surface area contributed by atoms with Crippen LogP contribution < -0.4 is 4.90 Å². The van der Waals surface area contributed by atoms with Crippen LogP contribution in [0.15, 0.2) is 18.2 Å². The Morgan fingerprint density at radius 2 is 1.94 bits per heavy atom. The molecule has 1 aliphatic heterocycles. The lowest BCUT2D eigenvalue weighted by Gasteiger charge is -2.34. The van der Waals surface area contributed by atoms with Crippen molar-refractivity contribution in [3.63, 3.8) is 0 Å². The minimum Gasteiger partial charge on any atom is -0.369 e. The molecule has 0 amide bonds. The number of rotatable bonds is 1. The molecule has 0 unspecified atom stereocenters. The highest BCUT2D eigenvalue weighted by molar-refractivity contribution is 5.52. The molecule has 1 aromatic carbocycles. The SMILES string of the molecule is [C]#Cc1cc(N2CCN(C)CC2)ccc1F. The second-order valence-corrected chi connectivity index (χ2v) is 4.08. The van der Waals surface area contributed by atoms with Gasteiger partial charge in [-0.25, -0.2) is 4.39 Å². The maximum absolute atomic E-state index is 13.2. The Labute approximate surface area is 95.7 Å². The summed E-state index contributed by atoms with van der Waals surface area (Å²) in [6.07, 6.45) is 7.01. The molecule has 1 aliphatic rings. The molecule has 0 aliphatic carbocycles.